The molecule has 2 aromatic heterocycles. The van der Waals surface area contributed by atoms with Crippen LogP contribution in [0.5, 0.6) is 5.75 Å². The van der Waals surface area contributed by atoms with Gasteiger partial charge < -0.3 is 40.5 Å². The van der Waals surface area contributed by atoms with E-state index in [1.807, 2.05) is 31.3 Å². The van der Waals surface area contributed by atoms with Gasteiger partial charge in [-0.05, 0) is 73.1 Å². The van der Waals surface area contributed by atoms with Gasteiger partial charge in [0, 0.05) is 93.2 Å². The molecule has 15 heteroatoms. The molecular weight excluding hydrogens is 722 g/mol. The van der Waals surface area contributed by atoms with E-state index >= 15 is 0 Å². The lowest BCUT2D eigenvalue weighted by Gasteiger charge is -2.42. The van der Waals surface area contributed by atoms with Crippen molar-refractivity contribution in [2.75, 3.05) is 69.2 Å². The zero-order chi connectivity index (χ0) is 35.4. The summed E-state index contributed by atoms with van der Waals surface area (Å²) in [5.41, 5.74) is 5.00. The van der Waals surface area contributed by atoms with E-state index in [0.29, 0.717) is 74.2 Å². The largest absolute Gasteiger partial charge is 0.494 e. The number of halogens is 2. The van der Waals surface area contributed by atoms with Crippen molar-refractivity contribution in [2.24, 2.45) is 0 Å². The summed E-state index contributed by atoms with van der Waals surface area (Å²) >= 11 is 3.57. The lowest BCUT2D eigenvalue weighted by atomic mass is 9.96. The van der Waals surface area contributed by atoms with Crippen molar-refractivity contribution >= 4 is 80.0 Å². The van der Waals surface area contributed by atoms with E-state index in [0.717, 1.165) is 50.3 Å². The molecule has 12 nitrogen and oxygen atoms in total. The number of nitrogens with one attached hydrogen (secondary N) is 4. The van der Waals surface area contributed by atoms with Crippen molar-refractivity contribution in [1.82, 2.24) is 30.2 Å². The summed E-state index contributed by atoms with van der Waals surface area (Å²) in [7, 11) is 0.646. The van der Waals surface area contributed by atoms with E-state index in [1.54, 1.807) is 45.2 Å². The predicted molar refractivity (Wildman–Crippen MR) is 205 cm³/mol. The number of methoxy groups -OCH3 is 1. The number of hydrogen-bond acceptors (Lipinski definition) is 12. The van der Waals surface area contributed by atoms with Crippen molar-refractivity contribution in [2.45, 2.75) is 37.9 Å². The first-order valence-corrected chi connectivity index (χ1v) is 20.1. The van der Waals surface area contributed by atoms with E-state index in [9.17, 15) is 8.96 Å². The molecule has 2 aromatic carbocycles. The van der Waals surface area contributed by atoms with Gasteiger partial charge in [-0.25, -0.2) is 9.37 Å². The third-order valence-corrected chi connectivity index (χ3v) is 11.4. The fourth-order valence-electron chi connectivity index (χ4n) is 6.82. The number of ether oxygens (including phenoxy) is 1. The molecule has 0 aliphatic carbocycles. The Hall–Kier alpha value is -4.13. The third-order valence-electron chi connectivity index (χ3n) is 9.26. The number of rotatable bonds is 11. The number of piperidine rings is 2. The van der Waals surface area contributed by atoms with E-state index in [-0.39, 0.29) is 0 Å². The number of allylic oxidation sites excluding steroid dienone is 1. The molecule has 0 radical (unpaired) electrons. The van der Waals surface area contributed by atoms with Crippen LogP contribution >= 0.6 is 23.1 Å². The molecule has 2 fully saturated rings. The molecule has 6 rings (SSSR count). The van der Waals surface area contributed by atoms with E-state index in [2.05, 4.69) is 56.6 Å². The van der Waals surface area contributed by atoms with Crippen molar-refractivity contribution in [3.8, 4) is 5.75 Å². The lowest BCUT2D eigenvalue weighted by Crippen LogP contribution is -2.48. The topological polar surface area (TPSA) is 144 Å². The van der Waals surface area contributed by atoms with Crippen molar-refractivity contribution in [3.63, 3.8) is 0 Å². The quantitative estimate of drug-likeness (QED) is 0.0977. The van der Waals surface area contributed by atoms with Gasteiger partial charge in [0.05, 0.1) is 33.8 Å². The molecule has 4 N–H and O–H groups in total. The summed E-state index contributed by atoms with van der Waals surface area (Å²) in [5, 5.41) is 18.6. The van der Waals surface area contributed by atoms with Gasteiger partial charge in [0.25, 0.3) is 0 Å². The van der Waals surface area contributed by atoms with E-state index < -0.39 is 13.3 Å². The van der Waals surface area contributed by atoms with Crippen LogP contribution in [0.25, 0.3) is 16.6 Å². The van der Waals surface area contributed by atoms with Crippen LogP contribution in [0.3, 0.4) is 0 Å². The van der Waals surface area contributed by atoms with Gasteiger partial charge in [0.2, 0.25) is 5.95 Å². The summed E-state index contributed by atoms with van der Waals surface area (Å²) in [5.74, 6) is 1.36. The number of alkyl halides is 1. The van der Waals surface area contributed by atoms with Crippen LogP contribution < -0.4 is 30.9 Å². The summed E-state index contributed by atoms with van der Waals surface area (Å²) in [6, 6.07) is 8.08. The number of likely N-dealkylation sites (tertiary alicyclic amines) is 1. The van der Waals surface area contributed by atoms with E-state index in [4.69, 9.17) is 15.1 Å². The zero-order valence-electron chi connectivity index (χ0n) is 28.7. The number of anilines is 5. The average molecular weight is 766 g/mol. The van der Waals surface area contributed by atoms with Gasteiger partial charge in [-0.15, -0.1) is 0 Å². The minimum atomic E-state index is -2.79. The van der Waals surface area contributed by atoms with Crippen LogP contribution in [0.4, 0.5) is 33.2 Å². The summed E-state index contributed by atoms with van der Waals surface area (Å²) in [6.45, 7) is 6.73. The van der Waals surface area contributed by atoms with Gasteiger partial charge in [-0.3, -0.25) is 9.97 Å². The molecule has 2 saturated heterocycles. The smallest absolute Gasteiger partial charge is 0.229 e. The Balaban J connectivity index is 1.30. The van der Waals surface area contributed by atoms with Gasteiger partial charge in [-0.2, -0.15) is 4.98 Å². The van der Waals surface area contributed by atoms with Crippen molar-refractivity contribution in [3.05, 3.63) is 59.1 Å². The molecule has 264 valence electrons. The van der Waals surface area contributed by atoms with Crippen LogP contribution in [0, 0.1) is 5.41 Å². The predicted octanol–water partition coefficient (Wildman–Crippen LogP) is 6.54. The molecule has 4 heterocycles. The van der Waals surface area contributed by atoms with Gasteiger partial charge >= 0.3 is 0 Å². The number of benzene rings is 2. The molecule has 2 aliphatic heterocycles. The van der Waals surface area contributed by atoms with Crippen molar-refractivity contribution < 1.29 is 13.7 Å². The van der Waals surface area contributed by atoms with Crippen molar-refractivity contribution in [1.29, 1.82) is 5.41 Å². The minimum absolute atomic E-state index is 0.304. The Morgan fingerprint density at radius 1 is 1.04 bits per heavy atom. The first kappa shape index (κ1) is 35.7. The molecule has 0 unspecified atom stereocenters. The number of hydrogen-bond donors (Lipinski definition) is 4. The normalized spacial score (nSPS) is 16.8. The van der Waals surface area contributed by atoms with Crippen LogP contribution in [-0.2, 0) is 4.57 Å². The Morgan fingerprint density at radius 2 is 1.78 bits per heavy atom. The average Bonchev–Trinajstić information content (AvgIpc) is 3.11. The number of fused-ring (bicyclic) bond motifs is 1. The molecule has 0 bridgehead atoms. The van der Waals surface area contributed by atoms with Gasteiger partial charge in [0.1, 0.15) is 30.4 Å². The standard InChI is InChI=1S/C35H43BrFN10O2P/c1-39-20-22(19-38)25-17-29(31(49-2)18-30(25)47-15-9-24(10-16-47)46-13-7-23(37)8-14-46)44-35-42-21-26(36)34(45-35)43-28-6-5-27-32(41-12-11-40-27)33(28)50(3,4)48/h5-6,11-12,17-21,23-24,38-39H,7-10,13-16H2,1-4H3,(H2,42,43,44,45)/b22-20+,38-19?. The van der Waals surface area contributed by atoms with E-state index in [1.165, 1.54) is 6.21 Å². The monoisotopic (exact) mass is 764 g/mol. The SMILES string of the molecule is CN/C=C(\C=N)c1cc(Nc2ncc(Br)c(Nc3ccc4nccnc4c3P(C)(C)=O)n2)c(OC)cc1N1CCC(N2CCC(F)CC2)CC1. The Kier molecular flexibility index (Phi) is 11.0. The first-order valence-electron chi connectivity index (χ1n) is 16.7. The first-order chi connectivity index (χ1) is 24.1. The highest BCUT2D eigenvalue weighted by Crippen LogP contribution is 2.42. The molecular formula is C35H43BrFN10O2P. The highest BCUT2D eigenvalue weighted by Gasteiger charge is 2.30. The molecule has 0 saturated carbocycles. The fourth-order valence-corrected chi connectivity index (χ4v) is 8.50. The Morgan fingerprint density at radius 3 is 2.46 bits per heavy atom. The zero-order valence-corrected chi connectivity index (χ0v) is 31.2. The second-order valence-electron chi connectivity index (χ2n) is 12.9. The number of nitrogens with zero attached hydrogens (tertiary/aromatic N) is 6. The summed E-state index contributed by atoms with van der Waals surface area (Å²) in [4.78, 5) is 23.0. The second kappa shape index (κ2) is 15.4. The maximum Gasteiger partial charge on any atom is 0.229 e. The second-order valence-corrected chi connectivity index (χ2v) is 16.9. The summed E-state index contributed by atoms with van der Waals surface area (Å²) < 4.78 is 33.8. The molecule has 0 atom stereocenters. The number of aromatic nitrogens is 4. The van der Waals surface area contributed by atoms with Gasteiger partial charge in [-0.1, -0.05) is 0 Å². The molecule has 50 heavy (non-hydrogen) atoms. The fraction of sp³-hybridized carbons (Fsp3) is 0.400. The van der Waals surface area contributed by atoms with Crippen LogP contribution in [0.15, 0.2) is 53.5 Å². The highest BCUT2D eigenvalue weighted by molar-refractivity contribution is 9.10. The molecule has 0 amide bonds. The lowest BCUT2D eigenvalue weighted by molar-refractivity contribution is 0.0981. The third kappa shape index (κ3) is 7.77. The minimum Gasteiger partial charge on any atom is -0.494 e. The molecule has 0 spiro atoms. The molecule has 4 aromatic rings. The maximum absolute atomic E-state index is 13.8. The Bertz CT molecular complexity index is 1940. The van der Waals surface area contributed by atoms with Gasteiger partial charge in [0.15, 0.2) is 0 Å². The van der Waals surface area contributed by atoms with Crippen LogP contribution in [0.1, 0.15) is 31.2 Å². The maximum atomic E-state index is 13.8. The highest BCUT2D eigenvalue weighted by atomic mass is 79.9. The summed E-state index contributed by atoms with van der Waals surface area (Å²) in [6.07, 6.45) is 10.5. The van der Waals surface area contributed by atoms with Crippen LogP contribution in [0.2, 0.25) is 0 Å². The Labute approximate surface area is 300 Å². The van der Waals surface area contributed by atoms with Crippen LogP contribution in [-0.4, -0.2) is 96.9 Å². The molecule has 2 aliphatic rings.